The van der Waals surface area contributed by atoms with E-state index < -0.39 is 0 Å². The molecule has 0 aliphatic heterocycles. The van der Waals surface area contributed by atoms with Crippen LogP contribution in [-0.4, -0.2) is 5.38 Å². The van der Waals surface area contributed by atoms with Gasteiger partial charge < -0.3 is 0 Å². The van der Waals surface area contributed by atoms with Crippen molar-refractivity contribution in [2.24, 2.45) is 11.3 Å². The van der Waals surface area contributed by atoms with Gasteiger partial charge in [-0.25, -0.2) is 0 Å². The minimum atomic E-state index is 0.517. The minimum absolute atomic E-state index is 0.517. The Balaban J connectivity index is 2.19. The first-order valence-corrected chi connectivity index (χ1v) is 4.27. The zero-order valence-corrected chi connectivity index (χ0v) is 6.62. The molecule has 2 aliphatic carbocycles. The van der Waals surface area contributed by atoms with Crippen molar-refractivity contribution in [2.75, 3.05) is 0 Å². The number of fused-ring (bicyclic) bond motifs is 2. The van der Waals surface area contributed by atoms with E-state index in [1.807, 2.05) is 0 Å². The Hall–Kier alpha value is 0.290. The van der Waals surface area contributed by atoms with Crippen LogP contribution in [0.25, 0.3) is 0 Å². The summed E-state index contributed by atoms with van der Waals surface area (Å²) >= 11 is 6.10. The Morgan fingerprint density at radius 1 is 1.44 bits per heavy atom. The lowest BCUT2D eigenvalue weighted by Crippen LogP contribution is -2.14. The van der Waals surface area contributed by atoms with E-state index in [4.69, 9.17) is 11.6 Å². The van der Waals surface area contributed by atoms with E-state index in [2.05, 4.69) is 6.92 Å². The van der Waals surface area contributed by atoms with Gasteiger partial charge in [-0.1, -0.05) is 6.92 Å². The summed E-state index contributed by atoms with van der Waals surface area (Å²) in [5.74, 6) is 0.872. The Morgan fingerprint density at radius 2 is 2.22 bits per heavy atom. The predicted molar refractivity (Wildman–Crippen MR) is 39.7 cm³/mol. The van der Waals surface area contributed by atoms with Gasteiger partial charge in [0.25, 0.3) is 0 Å². The highest BCUT2D eigenvalue weighted by Crippen LogP contribution is 2.55. The third-order valence-electron chi connectivity index (χ3n) is 3.07. The minimum Gasteiger partial charge on any atom is -0.123 e. The van der Waals surface area contributed by atoms with Gasteiger partial charge in [-0.15, -0.1) is 11.6 Å². The van der Waals surface area contributed by atoms with Gasteiger partial charge in [-0.2, -0.15) is 0 Å². The van der Waals surface area contributed by atoms with E-state index in [-0.39, 0.29) is 0 Å². The van der Waals surface area contributed by atoms with Gasteiger partial charge in [0.05, 0.1) is 0 Å². The van der Waals surface area contributed by atoms with Crippen molar-refractivity contribution in [3.63, 3.8) is 0 Å². The van der Waals surface area contributed by atoms with Crippen molar-refractivity contribution in [2.45, 2.75) is 38.0 Å². The fourth-order valence-corrected chi connectivity index (χ4v) is 3.09. The molecule has 2 saturated carbocycles. The first-order valence-electron chi connectivity index (χ1n) is 3.84. The molecule has 0 N–H and O–H groups in total. The van der Waals surface area contributed by atoms with E-state index in [1.54, 1.807) is 0 Å². The van der Waals surface area contributed by atoms with Crippen molar-refractivity contribution < 1.29 is 0 Å². The standard InChI is InChI=1S/C8H13Cl/c1-8-3-2-6(4-8)7(9)5-8/h6-7H,2-5H2,1H3. The van der Waals surface area contributed by atoms with Crippen LogP contribution in [0.3, 0.4) is 0 Å². The second-order valence-corrected chi connectivity index (χ2v) is 4.59. The lowest BCUT2D eigenvalue weighted by molar-refractivity contribution is 0.335. The number of alkyl halides is 1. The van der Waals surface area contributed by atoms with Crippen molar-refractivity contribution in [1.29, 1.82) is 0 Å². The topological polar surface area (TPSA) is 0 Å². The van der Waals surface area contributed by atoms with E-state index in [9.17, 15) is 0 Å². The Morgan fingerprint density at radius 3 is 2.44 bits per heavy atom. The van der Waals surface area contributed by atoms with Gasteiger partial charge in [-0.05, 0) is 37.0 Å². The molecule has 0 aromatic heterocycles. The SMILES string of the molecule is CC12CCC(C1)C(Cl)C2. The van der Waals surface area contributed by atoms with Crippen molar-refractivity contribution in [3.8, 4) is 0 Å². The molecule has 2 bridgehead atoms. The van der Waals surface area contributed by atoms with Crippen LogP contribution in [0.15, 0.2) is 0 Å². The van der Waals surface area contributed by atoms with Crippen LogP contribution in [-0.2, 0) is 0 Å². The molecule has 3 unspecified atom stereocenters. The molecule has 0 aromatic rings. The fraction of sp³-hybridized carbons (Fsp3) is 1.00. The second kappa shape index (κ2) is 1.66. The highest BCUT2D eigenvalue weighted by atomic mass is 35.5. The lowest BCUT2D eigenvalue weighted by Gasteiger charge is -2.22. The summed E-state index contributed by atoms with van der Waals surface area (Å²) in [5.41, 5.74) is 0.650. The maximum absolute atomic E-state index is 6.10. The second-order valence-electron chi connectivity index (χ2n) is 4.03. The van der Waals surface area contributed by atoms with Gasteiger partial charge in [-0.3, -0.25) is 0 Å². The van der Waals surface area contributed by atoms with Gasteiger partial charge in [0, 0.05) is 5.38 Å². The molecule has 0 spiro atoms. The Kier molecular flexibility index (Phi) is 1.11. The Labute approximate surface area is 61.6 Å². The smallest absolute Gasteiger partial charge is 0.0369 e. The summed E-state index contributed by atoms with van der Waals surface area (Å²) in [4.78, 5) is 0. The van der Waals surface area contributed by atoms with Crippen LogP contribution >= 0.6 is 11.6 Å². The fourth-order valence-electron chi connectivity index (χ4n) is 2.50. The van der Waals surface area contributed by atoms with Gasteiger partial charge in [0.2, 0.25) is 0 Å². The molecule has 2 aliphatic rings. The van der Waals surface area contributed by atoms with Crippen molar-refractivity contribution in [3.05, 3.63) is 0 Å². The largest absolute Gasteiger partial charge is 0.123 e. The summed E-state index contributed by atoms with van der Waals surface area (Å²) in [6, 6.07) is 0. The van der Waals surface area contributed by atoms with Gasteiger partial charge >= 0.3 is 0 Å². The molecular formula is C8H13Cl. The van der Waals surface area contributed by atoms with Crippen LogP contribution in [0, 0.1) is 11.3 Å². The molecule has 0 aromatic carbocycles. The normalized spacial score (nSPS) is 56.7. The molecule has 9 heavy (non-hydrogen) atoms. The van der Waals surface area contributed by atoms with Crippen LogP contribution in [0.2, 0.25) is 0 Å². The van der Waals surface area contributed by atoms with Crippen LogP contribution in [0.5, 0.6) is 0 Å². The number of halogens is 1. The monoisotopic (exact) mass is 144 g/mol. The molecular weight excluding hydrogens is 132 g/mol. The van der Waals surface area contributed by atoms with Gasteiger partial charge in [0.1, 0.15) is 0 Å². The van der Waals surface area contributed by atoms with Crippen LogP contribution in [0.1, 0.15) is 32.6 Å². The highest BCUT2D eigenvalue weighted by Gasteiger charge is 2.46. The molecule has 0 heterocycles. The number of hydrogen-bond acceptors (Lipinski definition) is 0. The molecule has 0 amide bonds. The number of hydrogen-bond donors (Lipinski definition) is 0. The first kappa shape index (κ1) is 6.03. The molecule has 52 valence electrons. The maximum atomic E-state index is 6.10. The van der Waals surface area contributed by atoms with E-state index in [0.29, 0.717) is 10.8 Å². The average molecular weight is 145 g/mol. The molecule has 0 saturated heterocycles. The quantitative estimate of drug-likeness (QED) is 0.459. The van der Waals surface area contributed by atoms with Crippen molar-refractivity contribution >= 4 is 11.6 Å². The zero-order valence-electron chi connectivity index (χ0n) is 5.86. The molecule has 0 radical (unpaired) electrons. The van der Waals surface area contributed by atoms with E-state index in [1.165, 1.54) is 25.7 Å². The van der Waals surface area contributed by atoms with Crippen LogP contribution < -0.4 is 0 Å². The first-order chi connectivity index (χ1) is 4.20. The summed E-state index contributed by atoms with van der Waals surface area (Å²) in [5, 5.41) is 0.517. The third-order valence-corrected chi connectivity index (χ3v) is 3.58. The lowest BCUT2D eigenvalue weighted by atomic mass is 9.87. The summed E-state index contributed by atoms with van der Waals surface area (Å²) < 4.78 is 0. The molecule has 2 rings (SSSR count). The molecule has 0 nitrogen and oxygen atoms in total. The molecule has 3 atom stereocenters. The van der Waals surface area contributed by atoms with E-state index >= 15 is 0 Å². The average Bonchev–Trinajstić information content (AvgIpc) is 2.20. The summed E-state index contributed by atoms with van der Waals surface area (Å²) in [7, 11) is 0. The summed E-state index contributed by atoms with van der Waals surface area (Å²) in [6.45, 7) is 2.38. The van der Waals surface area contributed by atoms with Gasteiger partial charge in [0.15, 0.2) is 0 Å². The zero-order chi connectivity index (χ0) is 6.48. The Bertz CT molecular complexity index is 129. The van der Waals surface area contributed by atoms with Crippen LogP contribution in [0.4, 0.5) is 0 Å². The predicted octanol–water partition coefficient (Wildman–Crippen LogP) is 2.80. The highest BCUT2D eigenvalue weighted by molar-refractivity contribution is 6.21. The summed E-state index contributed by atoms with van der Waals surface area (Å²) in [6.07, 6.45) is 5.51. The van der Waals surface area contributed by atoms with Crippen molar-refractivity contribution in [1.82, 2.24) is 0 Å². The number of rotatable bonds is 0. The maximum Gasteiger partial charge on any atom is 0.0369 e. The van der Waals surface area contributed by atoms with E-state index in [0.717, 1.165) is 5.92 Å². The molecule has 2 fully saturated rings. The third kappa shape index (κ3) is 0.797. The molecule has 1 heteroatoms.